The minimum absolute atomic E-state index is 0.0220. The fourth-order valence-electron chi connectivity index (χ4n) is 3.56. The number of nitrogens with zero attached hydrogens (tertiary/aromatic N) is 1. The van der Waals surface area contributed by atoms with E-state index in [1.54, 1.807) is 30.3 Å². The first-order chi connectivity index (χ1) is 16.6. The van der Waals surface area contributed by atoms with Crippen LogP contribution >= 0.6 is 0 Å². The Kier molecular flexibility index (Phi) is 5.57. The monoisotopic (exact) mass is 456 g/mol. The zero-order valence-electron chi connectivity index (χ0n) is 17.9. The second-order valence-corrected chi connectivity index (χ2v) is 7.61. The Morgan fingerprint density at radius 3 is 2.38 bits per heavy atom. The highest BCUT2D eigenvalue weighted by atomic mass is 16.7. The van der Waals surface area contributed by atoms with Gasteiger partial charge in [0.05, 0.1) is 6.54 Å². The number of hydrogen-bond acceptors (Lipinski definition) is 6. The fraction of sp³-hybridized carbons (Fsp3) is 0.0800. The number of ether oxygens (including phenoxy) is 2. The van der Waals surface area contributed by atoms with E-state index in [9.17, 15) is 14.4 Å². The van der Waals surface area contributed by atoms with E-state index in [2.05, 4.69) is 15.6 Å². The molecule has 1 aliphatic heterocycles. The standard InChI is InChI=1S/C25H20N4O5/c30-23(28-19-9-7-18(8-10-19)27-17-4-2-1-3-5-17)20-13-26-25(32)29(24(20)31)14-16-6-11-21-22(12-16)34-15-33-21/h1-13,27H,14-15H2,(H,26,32)(H,28,30). The second kappa shape index (κ2) is 8.99. The molecular weight excluding hydrogens is 436 g/mol. The molecule has 2 heterocycles. The molecule has 4 aromatic rings. The summed E-state index contributed by atoms with van der Waals surface area (Å²) in [6, 6.07) is 21.9. The van der Waals surface area contributed by atoms with Crippen molar-refractivity contribution in [1.29, 1.82) is 0 Å². The van der Waals surface area contributed by atoms with Crippen molar-refractivity contribution in [1.82, 2.24) is 9.55 Å². The number of carbonyl (C=O) groups excluding carboxylic acids is 1. The zero-order chi connectivity index (χ0) is 23.5. The maximum Gasteiger partial charge on any atom is 0.328 e. The smallest absolute Gasteiger partial charge is 0.328 e. The molecule has 0 fully saturated rings. The van der Waals surface area contributed by atoms with Gasteiger partial charge in [0.1, 0.15) is 5.56 Å². The molecular formula is C25H20N4O5. The van der Waals surface area contributed by atoms with Gasteiger partial charge in [0.2, 0.25) is 6.79 Å². The van der Waals surface area contributed by atoms with E-state index in [-0.39, 0.29) is 18.9 Å². The Morgan fingerprint density at radius 2 is 1.59 bits per heavy atom. The largest absolute Gasteiger partial charge is 0.454 e. The van der Waals surface area contributed by atoms with Crippen molar-refractivity contribution in [3.05, 3.63) is 111 Å². The number of para-hydroxylation sites is 1. The van der Waals surface area contributed by atoms with Gasteiger partial charge in [-0.05, 0) is 54.1 Å². The van der Waals surface area contributed by atoms with Crippen molar-refractivity contribution in [3.8, 4) is 11.5 Å². The summed E-state index contributed by atoms with van der Waals surface area (Å²) in [7, 11) is 0. The molecule has 0 atom stereocenters. The van der Waals surface area contributed by atoms with Crippen molar-refractivity contribution in [3.63, 3.8) is 0 Å². The molecule has 1 amide bonds. The molecule has 0 spiro atoms. The molecule has 3 aromatic carbocycles. The Morgan fingerprint density at radius 1 is 0.882 bits per heavy atom. The third-order valence-electron chi connectivity index (χ3n) is 5.29. The molecule has 0 saturated heterocycles. The number of rotatable bonds is 6. The van der Waals surface area contributed by atoms with Crippen LogP contribution in [0.3, 0.4) is 0 Å². The van der Waals surface area contributed by atoms with Crippen molar-refractivity contribution < 1.29 is 14.3 Å². The van der Waals surface area contributed by atoms with Gasteiger partial charge in [0.25, 0.3) is 11.5 Å². The van der Waals surface area contributed by atoms with E-state index in [1.165, 1.54) is 0 Å². The highest BCUT2D eigenvalue weighted by Gasteiger charge is 2.17. The average molecular weight is 456 g/mol. The van der Waals surface area contributed by atoms with Gasteiger partial charge in [-0.25, -0.2) is 4.79 Å². The number of anilines is 3. The van der Waals surface area contributed by atoms with Gasteiger partial charge in [-0.15, -0.1) is 0 Å². The molecule has 1 aromatic heterocycles. The number of aromatic nitrogens is 2. The number of benzene rings is 3. The molecule has 170 valence electrons. The van der Waals surface area contributed by atoms with Crippen LogP contribution < -0.4 is 31.4 Å². The van der Waals surface area contributed by atoms with Crippen LogP contribution in [0.25, 0.3) is 0 Å². The minimum Gasteiger partial charge on any atom is -0.454 e. The molecule has 9 heteroatoms. The van der Waals surface area contributed by atoms with Crippen LogP contribution in [0.1, 0.15) is 15.9 Å². The van der Waals surface area contributed by atoms with Gasteiger partial charge in [-0.1, -0.05) is 24.3 Å². The van der Waals surface area contributed by atoms with Crippen molar-refractivity contribution in [2.45, 2.75) is 6.54 Å². The number of nitrogens with one attached hydrogen (secondary N) is 3. The van der Waals surface area contributed by atoms with E-state index < -0.39 is 17.2 Å². The molecule has 3 N–H and O–H groups in total. The first kappa shape index (κ1) is 21.1. The minimum atomic E-state index is -0.693. The van der Waals surface area contributed by atoms with Gasteiger partial charge in [-0.3, -0.25) is 14.2 Å². The van der Waals surface area contributed by atoms with Crippen LogP contribution in [0, 0.1) is 0 Å². The van der Waals surface area contributed by atoms with E-state index in [0.29, 0.717) is 22.7 Å². The van der Waals surface area contributed by atoms with E-state index in [0.717, 1.165) is 22.1 Å². The Hall–Kier alpha value is -4.79. The summed E-state index contributed by atoms with van der Waals surface area (Å²) >= 11 is 0. The molecule has 5 rings (SSSR count). The summed E-state index contributed by atoms with van der Waals surface area (Å²) in [4.78, 5) is 40.5. The van der Waals surface area contributed by atoms with Crippen LogP contribution in [-0.4, -0.2) is 22.3 Å². The Balaban J connectivity index is 1.32. The molecule has 0 radical (unpaired) electrons. The van der Waals surface area contributed by atoms with Crippen LogP contribution in [0.2, 0.25) is 0 Å². The summed E-state index contributed by atoms with van der Waals surface area (Å²) in [5.41, 5.74) is 1.48. The third kappa shape index (κ3) is 4.40. The molecule has 0 bridgehead atoms. The SMILES string of the molecule is O=C(Nc1ccc(Nc2ccccc2)cc1)c1c[nH]c(=O)n(Cc2ccc3c(c2)OCO3)c1=O. The number of fused-ring (bicyclic) bond motifs is 1. The summed E-state index contributed by atoms with van der Waals surface area (Å²) in [6.45, 7) is 0.101. The first-order valence-electron chi connectivity index (χ1n) is 10.5. The highest BCUT2D eigenvalue weighted by molar-refractivity contribution is 6.03. The quantitative estimate of drug-likeness (QED) is 0.410. The van der Waals surface area contributed by atoms with Crippen molar-refractivity contribution in [2.75, 3.05) is 17.4 Å². The van der Waals surface area contributed by atoms with Crippen molar-refractivity contribution in [2.24, 2.45) is 0 Å². The van der Waals surface area contributed by atoms with Gasteiger partial charge in [-0.2, -0.15) is 0 Å². The topological polar surface area (TPSA) is 114 Å². The fourth-order valence-corrected chi connectivity index (χ4v) is 3.56. The molecule has 34 heavy (non-hydrogen) atoms. The number of H-pyrrole nitrogens is 1. The lowest BCUT2D eigenvalue weighted by atomic mass is 10.2. The third-order valence-corrected chi connectivity index (χ3v) is 5.29. The Labute approximate surface area is 193 Å². The van der Waals surface area contributed by atoms with E-state index in [4.69, 9.17) is 9.47 Å². The number of carbonyl (C=O) groups is 1. The molecule has 0 saturated carbocycles. The van der Waals surface area contributed by atoms with Gasteiger partial charge in [0, 0.05) is 23.3 Å². The maximum atomic E-state index is 12.9. The average Bonchev–Trinajstić information content (AvgIpc) is 3.31. The Bertz CT molecular complexity index is 1460. The summed E-state index contributed by atoms with van der Waals surface area (Å²) in [5, 5.41) is 5.95. The van der Waals surface area contributed by atoms with Gasteiger partial charge >= 0.3 is 5.69 Å². The highest BCUT2D eigenvalue weighted by Crippen LogP contribution is 2.32. The second-order valence-electron chi connectivity index (χ2n) is 7.61. The lowest BCUT2D eigenvalue weighted by Gasteiger charge is -2.10. The summed E-state index contributed by atoms with van der Waals surface area (Å²) < 4.78 is 11.6. The lowest BCUT2D eigenvalue weighted by Crippen LogP contribution is -2.39. The number of hydrogen-bond donors (Lipinski definition) is 3. The predicted octanol–water partition coefficient (Wildman–Crippen LogP) is 3.31. The van der Waals surface area contributed by atoms with Crippen LogP contribution in [0.5, 0.6) is 11.5 Å². The van der Waals surface area contributed by atoms with Crippen LogP contribution in [-0.2, 0) is 6.54 Å². The van der Waals surface area contributed by atoms with E-state index in [1.807, 2.05) is 42.5 Å². The molecule has 0 unspecified atom stereocenters. The maximum absolute atomic E-state index is 12.9. The zero-order valence-corrected chi connectivity index (χ0v) is 17.9. The predicted molar refractivity (Wildman–Crippen MR) is 127 cm³/mol. The van der Waals surface area contributed by atoms with Crippen LogP contribution in [0.4, 0.5) is 17.1 Å². The normalized spacial score (nSPS) is 11.8. The molecule has 0 aliphatic carbocycles. The van der Waals surface area contributed by atoms with Gasteiger partial charge in [0.15, 0.2) is 11.5 Å². The lowest BCUT2D eigenvalue weighted by molar-refractivity contribution is 0.102. The molecule has 9 nitrogen and oxygen atoms in total. The number of amides is 1. The molecule has 1 aliphatic rings. The van der Waals surface area contributed by atoms with Crippen LogP contribution in [0.15, 0.2) is 88.6 Å². The van der Waals surface area contributed by atoms with E-state index >= 15 is 0 Å². The summed E-state index contributed by atoms with van der Waals surface area (Å²) in [6.07, 6.45) is 1.13. The summed E-state index contributed by atoms with van der Waals surface area (Å²) in [5.74, 6) is 0.522. The van der Waals surface area contributed by atoms with Crippen molar-refractivity contribution >= 4 is 23.0 Å². The van der Waals surface area contributed by atoms with Gasteiger partial charge < -0.3 is 25.1 Å². The first-order valence-corrected chi connectivity index (χ1v) is 10.5. The number of aromatic amines is 1.